The molecule has 0 saturated carbocycles. The second-order valence-electron chi connectivity index (χ2n) is 8.82. The van der Waals surface area contributed by atoms with Gasteiger partial charge in [-0.2, -0.15) is 0 Å². The summed E-state index contributed by atoms with van der Waals surface area (Å²) in [6, 6.07) is 25.6. The van der Waals surface area contributed by atoms with Gasteiger partial charge in [-0.1, -0.05) is 36.4 Å². The molecule has 1 aliphatic heterocycles. The van der Waals surface area contributed by atoms with E-state index in [1.807, 2.05) is 42.5 Å². The van der Waals surface area contributed by atoms with Crippen molar-refractivity contribution in [3.8, 4) is 22.6 Å². The van der Waals surface area contributed by atoms with E-state index >= 15 is 0 Å². The van der Waals surface area contributed by atoms with Gasteiger partial charge in [0.25, 0.3) is 5.56 Å². The molecule has 1 aliphatic rings. The van der Waals surface area contributed by atoms with Crippen molar-refractivity contribution in [1.29, 1.82) is 0 Å². The van der Waals surface area contributed by atoms with E-state index in [0.29, 0.717) is 11.5 Å². The van der Waals surface area contributed by atoms with Crippen LogP contribution in [0.15, 0.2) is 83.7 Å². The monoisotopic (exact) mass is 454 g/mol. The number of likely N-dealkylation sites (N-methyl/N-ethyl adjacent to an activating group) is 1. The molecular formula is C28H30N4O2. The molecule has 0 atom stereocenters. The number of para-hydroxylation sites is 1. The molecule has 0 amide bonds. The number of nitrogens with one attached hydrogen (secondary N) is 2. The van der Waals surface area contributed by atoms with Gasteiger partial charge < -0.3 is 19.9 Å². The molecule has 6 nitrogen and oxygen atoms in total. The van der Waals surface area contributed by atoms with E-state index in [4.69, 9.17) is 4.74 Å². The number of hydrogen-bond acceptors (Lipinski definition) is 5. The van der Waals surface area contributed by atoms with E-state index in [0.717, 1.165) is 67.0 Å². The maximum Gasteiger partial charge on any atom is 0.252 e. The summed E-state index contributed by atoms with van der Waals surface area (Å²) in [6.45, 7) is 6.58. The second kappa shape index (κ2) is 10.1. The molecule has 174 valence electrons. The number of aromatic amines is 1. The molecule has 0 bridgehead atoms. The number of hydrogen-bond donors (Lipinski definition) is 2. The number of H-pyrrole nitrogens is 1. The molecule has 0 unspecified atom stereocenters. The lowest BCUT2D eigenvalue weighted by Crippen LogP contribution is -2.45. The van der Waals surface area contributed by atoms with Gasteiger partial charge in [0.05, 0.1) is 5.52 Å². The van der Waals surface area contributed by atoms with Crippen molar-refractivity contribution in [2.24, 2.45) is 0 Å². The zero-order valence-corrected chi connectivity index (χ0v) is 19.5. The topological polar surface area (TPSA) is 60.6 Å². The molecule has 0 radical (unpaired) electrons. The van der Waals surface area contributed by atoms with Crippen LogP contribution in [-0.4, -0.2) is 61.1 Å². The Morgan fingerprint density at radius 1 is 0.882 bits per heavy atom. The summed E-state index contributed by atoms with van der Waals surface area (Å²) in [5.74, 6) is 1.25. The van der Waals surface area contributed by atoms with Crippen LogP contribution in [0.5, 0.6) is 11.5 Å². The Morgan fingerprint density at radius 3 is 2.50 bits per heavy atom. The van der Waals surface area contributed by atoms with Crippen LogP contribution < -0.4 is 15.6 Å². The van der Waals surface area contributed by atoms with E-state index in [1.165, 1.54) is 6.07 Å². The van der Waals surface area contributed by atoms with Crippen LogP contribution in [0.1, 0.15) is 0 Å². The lowest BCUT2D eigenvalue weighted by molar-refractivity contribution is 0.158. The van der Waals surface area contributed by atoms with Crippen LogP contribution in [0.25, 0.3) is 22.0 Å². The number of ether oxygens (including phenoxy) is 1. The van der Waals surface area contributed by atoms with Gasteiger partial charge in [-0.25, -0.2) is 0 Å². The fourth-order valence-corrected chi connectivity index (χ4v) is 4.33. The fraction of sp³-hybridized carbons (Fsp3) is 0.250. The third-order valence-electron chi connectivity index (χ3n) is 6.35. The van der Waals surface area contributed by atoms with Gasteiger partial charge in [-0.15, -0.1) is 0 Å². The van der Waals surface area contributed by atoms with E-state index in [-0.39, 0.29) is 5.56 Å². The first-order chi connectivity index (χ1) is 16.6. The molecule has 1 saturated heterocycles. The van der Waals surface area contributed by atoms with Gasteiger partial charge >= 0.3 is 0 Å². The second-order valence-corrected chi connectivity index (χ2v) is 8.82. The van der Waals surface area contributed by atoms with Crippen molar-refractivity contribution >= 4 is 16.6 Å². The molecule has 0 aliphatic carbocycles. The van der Waals surface area contributed by atoms with Crippen molar-refractivity contribution in [2.75, 3.05) is 51.6 Å². The highest BCUT2D eigenvalue weighted by Crippen LogP contribution is 2.30. The third-order valence-corrected chi connectivity index (χ3v) is 6.35. The first kappa shape index (κ1) is 22.2. The molecule has 0 spiro atoms. The predicted molar refractivity (Wildman–Crippen MR) is 139 cm³/mol. The maximum absolute atomic E-state index is 12.0. The minimum absolute atomic E-state index is 0.180. The maximum atomic E-state index is 12.0. The molecular weight excluding hydrogens is 424 g/mol. The number of pyridine rings is 1. The Hall–Kier alpha value is -3.61. The van der Waals surface area contributed by atoms with Gasteiger partial charge in [-0.05, 0) is 54.6 Å². The molecule has 1 fully saturated rings. The lowest BCUT2D eigenvalue weighted by Gasteiger charge is -2.32. The molecule has 4 aromatic rings. The van der Waals surface area contributed by atoms with Gasteiger partial charge in [0, 0.05) is 56.4 Å². The largest absolute Gasteiger partial charge is 0.456 e. The molecule has 34 heavy (non-hydrogen) atoms. The molecule has 3 aromatic carbocycles. The average Bonchev–Trinajstić information content (AvgIpc) is 2.86. The summed E-state index contributed by atoms with van der Waals surface area (Å²) in [6.07, 6.45) is 0. The van der Waals surface area contributed by atoms with Crippen molar-refractivity contribution < 1.29 is 4.74 Å². The number of rotatable bonds is 7. The van der Waals surface area contributed by atoms with Crippen molar-refractivity contribution in [2.45, 2.75) is 0 Å². The highest BCUT2D eigenvalue weighted by Gasteiger charge is 2.12. The Morgan fingerprint density at radius 2 is 1.68 bits per heavy atom. The van der Waals surface area contributed by atoms with Crippen molar-refractivity contribution in [3.05, 3.63) is 89.2 Å². The van der Waals surface area contributed by atoms with Crippen LogP contribution in [0.2, 0.25) is 0 Å². The van der Waals surface area contributed by atoms with Crippen LogP contribution in [0.3, 0.4) is 0 Å². The number of aromatic nitrogens is 1. The highest BCUT2D eigenvalue weighted by molar-refractivity contribution is 5.85. The quantitative estimate of drug-likeness (QED) is 0.426. The van der Waals surface area contributed by atoms with E-state index in [9.17, 15) is 4.79 Å². The Balaban J connectivity index is 1.24. The summed E-state index contributed by atoms with van der Waals surface area (Å²) in [5.41, 5.74) is 3.89. The molecule has 1 aromatic heterocycles. The SMILES string of the molecule is CN1CCN(CCNc2ccc(-c3cccc(Oc4cc(=O)[nH]c5ccccc45)c3)cc2)CC1. The Kier molecular flexibility index (Phi) is 6.60. The number of benzene rings is 3. The van der Waals surface area contributed by atoms with E-state index < -0.39 is 0 Å². The molecule has 2 N–H and O–H groups in total. The van der Waals surface area contributed by atoms with E-state index in [1.54, 1.807) is 0 Å². The fourth-order valence-electron chi connectivity index (χ4n) is 4.33. The average molecular weight is 455 g/mol. The first-order valence-corrected chi connectivity index (χ1v) is 11.8. The lowest BCUT2D eigenvalue weighted by atomic mass is 10.1. The summed E-state index contributed by atoms with van der Waals surface area (Å²) < 4.78 is 6.14. The summed E-state index contributed by atoms with van der Waals surface area (Å²) >= 11 is 0. The summed E-state index contributed by atoms with van der Waals surface area (Å²) in [5, 5.41) is 4.41. The van der Waals surface area contributed by atoms with Crippen molar-refractivity contribution in [3.63, 3.8) is 0 Å². The first-order valence-electron chi connectivity index (χ1n) is 11.8. The summed E-state index contributed by atoms with van der Waals surface area (Å²) in [7, 11) is 2.18. The number of nitrogens with zero attached hydrogens (tertiary/aromatic N) is 2. The Bertz CT molecular complexity index is 1310. The minimum atomic E-state index is -0.180. The van der Waals surface area contributed by atoms with Gasteiger partial charge in [0.15, 0.2) is 0 Å². The zero-order valence-electron chi connectivity index (χ0n) is 19.5. The van der Waals surface area contributed by atoms with E-state index in [2.05, 4.69) is 57.5 Å². The van der Waals surface area contributed by atoms with Gasteiger partial charge in [-0.3, -0.25) is 9.69 Å². The highest BCUT2D eigenvalue weighted by atomic mass is 16.5. The van der Waals surface area contributed by atoms with Crippen LogP contribution in [0.4, 0.5) is 5.69 Å². The normalized spacial score (nSPS) is 14.9. The minimum Gasteiger partial charge on any atom is -0.456 e. The smallest absolute Gasteiger partial charge is 0.252 e. The van der Waals surface area contributed by atoms with Crippen LogP contribution in [-0.2, 0) is 0 Å². The molecule has 6 heteroatoms. The molecule has 2 heterocycles. The van der Waals surface area contributed by atoms with Crippen LogP contribution >= 0.6 is 0 Å². The molecule has 5 rings (SSSR count). The van der Waals surface area contributed by atoms with Gasteiger partial charge in [0.2, 0.25) is 0 Å². The van der Waals surface area contributed by atoms with Crippen molar-refractivity contribution in [1.82, 2.24) is 14.8 Å². The predicted octanol–water partition coefficient (Wildman–Crippen LogP) is 4.65. The zero-order chi connectivity index (χ0) is 23.3. The van der Waals surface area contributed by atoms with Gasteiger partial charge in [0.1, 0.15) is 11.5 Å². The summed E-state index contributed by atoms with van der Waals surface area (Å²) in [4.78, 5) is 19.8. The standard InChI is InChI=1S/C28H30N4O2/c1-31-15-17-32(18-16-31)14-13-29-23-11-9-21(10-12-23)22-5-4-6-24(19-22)34-27-20-28(33)30-26-8-3-2-7-25(26)27/h2-12,19-20,29H,13-18H2,1H3,(H,30,33). The Labute approximate surface area is 199 Å². The third kappa shape index (κ3) is 5.30. The van der Waals surface area contributed by atoms with Crippen LogP contribution in [0, 0.1) is 0 Å². The number of fused-ring (bicyclic) bond motifs is 1. The number of piperazine rings is 1. The number of anilines is 1.